The highest BCUT2D eigenvalue weighted by Gasteiger charge is 2.18. The van der Waals surface area contributed by atoms with Crippen molar-refractivity contribution in [3.8, 4) is 11.3 Å². The van der Waals surface area contributed by atoms with E-state index in [-0.39, 0.29) is 0 Å². The molecule has 0 spiro atoms. The predicted octanol–water partition coefficient (Wildman–Crippen LogP) is 4.08. The van der Waals surface area contributed by atoms with Crippen LogP contribution in [0.4, 0.5) is 5.69 Å². The highest BCUT2D eigenvalue weighted by molar-refractivity contribution is 6.43. The minimum Gasteiger partial charge on any atom is -0.368 e. The first kappa shape index (κ1) is 15.6. The summed E-state index contributed by atoms with van der Waals surface area (Å²) in [6.07, 6.45) is 1.96. The number of nitrogens with zero attached hydrogens (tertiary/aromatic N) is 2. The molecule has 1 aromatic heterocycles. The Morgan fingerprint density at radius 2 is 1.82 bits per heavy atom. The van der Waals surface area contributed by atoms with Crippen LogP contribution in [0.3, 0.4) is 0 Å². The van der Waals surface area contributed by atoms with E-state index < -0.39 is 0 Å². The number of aromatic nitrogens is 1. The predicted molar refractivity (Wildman–Crippen MR) is 94.2 cm³/mol. The molecule has 0 radical (unpaired) electrons. The molecule has 0 amide bonds. The van der Waals surface area contributed by atoms with Crippen LogP contribution in [0.2, 0.25) is 10.0 Å². The second kappa shape index (κ2) is 6.45. The van der Waals surface area contributed by atoms with Gasteiger partial charge in [-0.1, -0.05) is 35.3 Å². The first-order chi connectivity index (χ1) is 10.6. The van der Waals surface area contributed by atoms with E-state index in [1.807, 2.05) is 18.3 Å². The van der Waals surface area contributed by atoms with Crippen molar-refractivity contribution in [2.75, 3.05) is 31.1 Å². The Balaban J connectivity index is 2.04. The zero-order valence-electron chi connectivity index (χ0n) is 12.8. The van der Waals surface area contributed by atoms with Gasteiger partial charge in [0.2, 0.25) is 0 Å². The van der Waals surface area contributed by atoms with E-state index in [0.717, 1.165) is 43.0 Å². The fourth-order valence-electron chi connectivity index (χ4n) is 2.87. The molecule has 0 atom stereocenters. The summed E-state index contributed by atoms with van der Waals surface area (Å²) in [5, 5.41) is 4.50. The van der Waals surface area contributed by atoms with E-state index in [2.05, 4.69) is 29.0 Å². The van der Waals surface area contributed by atoms with Crippen LogP contribution in [-0.4, -0.2) is 31.2 Å². The normalized spacial score (nSPS) is 15.2. The number of rotatable bonds is 2. The molecule has 1 fully saturated rings. The highest BCUT2D eigenvalue weighted by Crippen LogP contribution is 2.36. The first-order valence-corrected chi connectivity index (χ1v) is 8.21. The second-order valence-electron chi connectivity index (χ2n) is 5.58. The van der Waals surface area contributed by atoms with Crippen molar-refractivity contribution in [2.45, 2.75) is 13.8 Å². The summed E-state index contributed by atoms with van der Waals surface area (Å²) in [6.45, 7) is 8.30. The Morgan fingerprint density at radius 1 is 1.09 bits per heavy atom. The van der Waals surface area contributed by atoms with Gasteiger partial charge in [0.05, 0.1) is 27.6 Å². The topological polar surface area (TPSA) is 28.2 Å². The van der Waals surface area contributed by atoms with Crippen molar-refractivity contribution in [1.29, 1.82) is 0 Å². The highest BCUT2D eigenvalue weighted by atomic mass is 35.5. The summed E-state index contributed by atoms with van der Waals surface area (Å²) < 4.78 is 0. The quantitative estimate of drug-likeness (QED) is 0.896. The molecule has 1 N–H and O–H groups in total. The molecule has 22 heavy (non-hydrogen) atoms. The van der Waals surface area contributed by atoms with Crippen LogP contribution < -0.4 is 10.2 Å². The molecule has 2 heterocycles. The Kier molecular flexibility index (Phi) is 4.57. The van der Waals surface area contributed by atoms with Crippen LogP contribution in [0.5, 0.6) is 0 Å². The van der Waals surface area contributed by atoms with Crippen LogP contribution in [0.15, 0.2) is 24.4 Å². The minimum absolute atomic E-state index is 0.559. The lowest BCUT2D eigenvalue weighted by Crippen LogP contribution is -2.43. The molecule has 1 aromatic carbocycles. The van der Waals surface area contributed by atoms with E-state index in [4.69, 9.17) is 23.2 Å². The van der Waals surface area contributed by atoms with Gasteiger partial charge in [-0.15, -0.1) is 0 Å². The molecule has 0 unspecified atom stereocenters. The van der Waals surface area contributed by atoms with Crippen LogP contribution in [0.1, 0.15) is 11.1 Å². The second-order valence-corrected chi connectivity index (χ2v) is 6.37. The maximum atomic E-state index is 6.35. The zero-order chi connectivity index (χ0) is 15.7. The number of pyridine rings is 1. The van der Waals surface area contributed by atoms with Crippen molar-refractivity contribution in [2.24, 2.45) is 0 Å². The van der Waals surface area contributed by atoms with E-state index in [0.29, 0.717) is 10.0 Å². The molecule has 116 valence electrons. The van der Waals surface area contributed by atoms with E-state index in [1.165, 1.54) is 11.3 Å². The maximum Gasteiger partial charge on any atom is 0.0750 e. The van der Waals surface area contributed by atoms with Crippen LogP contribution >= 0.6 is 23.2 Å². The van der Waals surface area contributed by atoms with Gasteiger partial charge in [-0.25, -0.2) is 0 Å². The van der Waals surface area contributed by atoms with Gasteiger partial charge in [0.1, 0.15) is 0 Å². The fourth-order valence-corrected chi connectivity index (χ4v) is 3.26. The lowest BCUT2D eigenvalue weighted by atomic mass is 10.0. The number of benzene rings is 1. The molecule has 0 aliphatic carbocycles. The van der Waals surface area contributed by atoms with Gasteiger partial charge in [0.25, 0.3) is 0 Å². The SMILES string of the molecule is Cc1c(N2CCNCC2)cnc(-c2cccc(Cl)c2Cl)c1C. The lowest BCUT2D eigenvalue weighted by molar-refractivity contribution is 0.588. The average Bonchev–Trinajstić information content (AvgIpc) is 2.54. The van der Waals surface area contributed by atoms with Crippen molar-refractivity contribution in [3.05, 3.63) is 45.6 Å². The summed E-state index contributed by atoms with van der Waals surface area (Å²) in [5.41, 5.74) is 5.41. The Hall–Kier alpha value is -1.29. The fraction of sp³-hybridized carbons (Fsp3) is 0.353. The zero-order valence-corrected chi connectivity index (χ0v) is 14.3. The summed E-state index contributed by atoms with van der Waals surface area (Å²) in [7, 11) is 0. The van der Waals surface area contributed by atoms with Gasteiger partial charge in [0.15, 0.2) is 0 Å². The molecule has 1 aliphatic rings. The molecule has 1 saturated heterocycles. The van der Waals surface area contributed by atoms with Crippen molar-refractivity contribution >= 4 is 28.9 Å². The number of anilines is 1. The smallest absolute Gasteiger partial charge is 0.0750 e. The Bertz CT molecular complexity index is 695. The van der Waals surface area contributed by atoms with Gasteiger partial charge in [-0.05, 0) is 31.0 Å². The van der Waals surface area contributed by atoms with Gasteiger partial charge in [-0.3, -0.25) is 4.98 Å². The Labute approximate surface area is 141 Å². The molecule has 2 aromatic rings. The number of halogens is 2. The maximum absolute atomic E-state index is 6.35. The van der Waals surface area contributed by atoms with E-state index >= 15 is 0 Å². The van der Waals surface area contributed by atoms with Crippen LogP contribution in [0.25, 0.3) is 11.3 Å². The number of hydrogen-bond donors (Lipinski definition) is 1. The average molecular weight is 336 g/mol. The third-order valence-corrected chi connectivity index (χ3v) is 5.10. The third-order valence-electron chi connectivity index (χ3n) is 4.28. The number of piperazine rings is 1. The summed E-state index contributed by atoms with van der Waals surface area (Å²) in [4.78, 5) is 7.07. The van der Waals surface area contributed by atoms with E-state index in [9.17, 15) is 0 Å². The lowest BCUT2D eigenvalue weighted by Gasteiger charge is -2.31. The van der Waals surface area contributed by atoms with Crippen LogP contribution in [0, 0.1) is 13.8 Å². The minimum atomic E-state index is 0.559. The van der Waals surface area contributed by atoms with Gasteiger partial charge in [-0.2, -0.15) is 0 Å². The molecule has 0 saturated carbocycles. The summed E-state index contributed by atoms with van der Waals surface area (Å²) in [5.74, 6) is 0. The van der Waals surface area contributed by atoms with Crippen molar-refractivity contribution < 1.29 is 0 Å². The van der Waals surface area contributed by atoms with E-state index in [1.54, 1.807) is 6.07 Å². The molecule has 3 nitrogen and oxygen atoms in total. The monoisotopic (exact) mass is 335 g/mol. The molecule has 1 aliphatic heterocycles. The number of nitrogens with one attached hydrogen (secondary N) is 1. The molecular formula is C17H19Cl2N3. The first-order valence-electron chi connectivity index (χ1n) is 7.46. The molecule has 3 rings (SSSR count). The largest absolute Gasteiger partial charge is 0.368 e. The number of hydrogen-bond acceptors (Lipinski definition) is 3. The van der Waals surface area contributed by atoms with Crippen molar-refractivity contribution in [3.63, 3.8) is 0 Å². The summed E-state index contributed by atoms with van der Waals surface area (Å²) >= 11 is 12.5. The van der Waals surface area contributed by atoms with Gasteiger partial charge in [0, 0.05) is 31.7 Å². The van der Waals surface area contributed by atoms with Crippen molar-refractivity contribution in [1.82, 2.24) is 10.3 Å². The third kappa shape index (κ3) is 2.81. The molecule has 0 bridgehead atoms. The summed E-state index contributed by atoms with van der Waals surface area (Å²) in [6, 6.07) is 5.67. The van der Waals surface area contributed by atoms with Gasteiger partial charge >= 0.3 is 0 Å². The van der Waals surface area contributed by atoms with Gasteiger partial charge < -0.3 is 10.2 Å². The molecule has 5 heteroatoms. The van der Waals surface area contributed by atoms with Crippen LogP contribution in [-0.2, 0) is 0 Å². The standard InChI is InChI=1S/C17H19Cl2N3/c1-11-12(2)17(13-4-3-5-14(18)16(13)19)21-10-15(11)22-8-6-20-7-9-22/h3-5,10,20H,6-9H2,1-2H3. The Morgan fingerprint density at radius 3 is 2.55 bits per heavy atom. The molecular weight excluding hydrogens is 317 g/mol.